The van der Waals surface area contributed by atoms with E-state index in [9.17, 15) is 0 Å². The zero-order chi connectivity index (χ0) is 11.8. The van der Waals surface area contributed by atoms with E-state index in [1.165, 1.54) is 25.1 Å². The second-order valence-corrected chi connectivity index (χ2v) is 4.11. The van der Waals surface area contributed by atoms with E-state index in [1.807, 2.05) is 13.8 Å². The molecule has 0 amide bonds. The van der Waals surface area contributed by atoms with Gasteiger partial charge in [-0.15, -0.1) is 0 Å². The van der Waals surface area contributed by atoms with Crippen molar-refractivity contribution < 1.29 is 0 Å². The standard InChI is InChI=1S/C12H18N2.C2H6/c1-13-8-5-9-14(11-13)10-12-6-3-2-4-7-12;1-2/h2-4,6-7H,5,8-11H2,1H3;1-2H3. The second-order valence-electron chi connectivity index (χ2n) is 4.11. The van der Waals surface area contributed by atoms with Crippen LogP contribution in [-0.2, 0) is 6.54 Å². The first-order valence-electron chi connectivity index (χ1n) is 6.29. The van der Waals surface area contributed by atoms with Gasteiger partial charge in [-0.05, 0) is 19.0 Å². The Hall–Kier alpha value is -0.860. The summed E-state index contributed by atoms with van der Waals surface area (Å²) < 4.78 is 0. The van der Waals surface area contributed by atoms with Crippen molar-refractivity contribution in [3.63, 3.8) is 0 Å². The van der Waals surface area contributed by atoms with E-state index in [2.05, 4.69) is 47.2 Å². The van der Waals surface area contributed by atoms with E-state index >= 15 is 0 Å². The first-order chi connectivity index (χ1) is 7.84. The molecule has 1 aliphatic heterocycles. The molecule has 1 aromatic rings. The summed E-state index contributed by atoms with van der Waals surface area (Å²) in [5, 5.41) is 0. The monoisotopic (exact) mass is 220 g/mol. The molecule has 2 nitrogen and oxygen atoms in total. The minimum atomic E-state index is 1.09. The Morgan fingerprint density at radius 2 is 1.75 bits per heavy atom. The van der Waals surface area contributed by atoms with Crippen LogP contribution in [0, 0.1) is 0 Å². The molecule has 1 heterocycles. The first kappa shape index (κ1) is 13.2. The molecule has 0 bridgehead atoms. The highest BCUT2D eigenvalue weighted by molar-refractivity contribution is 5.14. The lowest BCUT2D eigenvalue weighted by Crippen LogP contribution is -2.42. The summed E-state index contributed by atoms with van der Waals surface area (Å²) in [7, 11) is 2.19. The third-order valence-electron chi connectivity index (χ3n) is 2.70. The van der Waals surface area contributed by atoms with Gasteiger partial charge in [-0.2, -0.15) is 0 Å². The summed E-state index contributed by atoms with van der Waals surface area (Å²) in [6.45, 7) is 8.67. The maximum absolute atomic E-state index is 2.50. The predicted molar refractivity (Wildman–Crippen MR) is 70.3 cm³/mol. The Morgan fingerprint density at radius 1 is 1.06 bits per heavy atom. The Bertz CT molecular complexity index is 271. The van der Waals surface area contributed by atoms with Gasteiger partial charge in [0.15, 0.2) is 0 Å². The number of nitrogens with zero attached hydrogens (tertiary/aromatic N) is 2. The molecular weight excluding hydrogens is 196 g/mol. The Kier molecular flexibility index (Phi) is 6.12. The molecule has 2 heteroatoms. The molecule has 0 aromatic heterocycles. The van der Waals surface area contributed by atoms with Crippen LogP contribution in [0.1, 0.15) is 25.8 Å². The molecule has 0 saturated carbocycles. The van der Waals surface area contributed by atoms with Crippen molar-refractivity contribution in [3.8, 4) is 0 Å². The average Bonchev–Trinajstić information content (AvgIpc) is 2.33. The van der Waals surface area contributed by atoms with Crippen LogP contribution in [0.5, 0.6) is 0 Å². The maximum atomic E-state index is 2.50. The molecule has 0 unspecified atom stereocenters. The Labute approximate surface area is 99.9 Å². The topological polar surface area (TPSA) is 6.48 Å². The van der Waals surface area contributed by atoms with Crippen molar-refractivity contribution in [2.75, 3.05) is 26.8 Å². The summed E-state index contributed by atoms with van der Waals surface area (Å²) in [6.07, 6.45) is 1.29. The largest absolute Gasteiger partial charge is 0.293 e. The molecule has 1 saturated heterocycles. The van der Waals surface area contributed by atoms with Crippen LogP contribution in [0.4, 0.5) is 0 Å². The third kappa shape index (κ3) is 4.33. The highest BCUT2D eigenvalue weighted by Gasteiger charge is 2.13. The average molecular weight is 220 g/mol. The van der Waals surface area contributed by atoms with Crippen LogP contribution in [0.15, 0.2) is 30.3 Å². The van der Waals surface area contributed by atoms with Gasteiger partial charge in [0.2, 0.25) is 0 Å². The van der Waals surface area contributed by atoms with Crippen molar-refractivity contribution in [2.45, 2.75) is 26.8 Å². The molecule has 16 heavy (non-hydrogen) atoms. The lowest BCUT2D eigenvalue weighted by atomic mass is 10.2. The van der Waals surface area contributed by atoms with Crippen LogP contribution < -0.4 is 0 Å². The van der Waals surface area contributed by atoms with E-state index in [-0.39, 0.29) is 0 Å². The fourth-order valence-corrected chi connectivity index (χ4v) is 2.02. The minimum absolute atomic E-state index is 1.09. The summed E-state index contributed by atoms with van der Waals surface area (Å²) in [5.74, 6) is 0. The maximum Gasteiger partial charge on any atom is 0.0506 e. The molecule has 0 radical (unpaired) electrons. The SMILES string of the molecule is CC.CN1CCCN(Cc2ccccc2)C1. The van der Waals surface area contributed by atoms with Crippen LogP contribution in [0.3, 0.4) is 0 Å². The molecule has 0 atom stereocenters. The van der Waals surface area contributed by atoms with Gasteiger partial charge in [-0.1, -0.05) is 44.2 Å². The molecule has 1 aromatic carbocycles. The number of rotatable bonds is 2. The van der Waals surface area contributed by atoms with Gasteiger partial charge in [0, 0.05) is 19.6 Å². The third-order valence-corrected chi connectivity index (χ3v) is 2.70. The number of hydrogen-bond donors (Lipinski definition) is 0. The van der Waals surface area contributed by atoms with Crippen molar-refractivity contribution >= 4 is 0 Å². The van der Waals surface area contributed by atoms with Gasteiger partial charge in [-0.25, -0.2) is 0 Å². The molecular formula is C14H24N2. The molecule has 1 fully saturated rings. The number of benzene rings is 1. The summed E-state index contributed by atoms with van der Waals surface area (Å²) in [4.78, 5) is 4.88. The molecule has 90 valence electrons. The van der Waals surface area contributed by atoms with Crippen LogP contribution in [0.2, 0.25) is 0 Å². The van der Waals surface area contributed by atoms with Crippen LogP contribution >= 0.6 is 0 Å². The lowest BCUT2D eigenvalue weighted by Gasteiger charge is -2.33. The van der Waals surface area contributed by atoms with Gasteiger partial charge in [0.1, 0.15) is 0 Å². The lowest BCUT2D eigenvalue weighted by molar-refractivity contribution is 0.101. The van der Waals surface area contributed by atoms with E-state index in [4.69, 9.17) is 0 Å². The van der Waals surface area contributed by atoms with Gasteiger partial charge in [0.25, 0.3) is 0 Å². The van der Waals surface area contributed by atoms with E-state index < -0.39 is 0 Å². The summed E-state index contributed by atoms with van der Waals surface area (Å²) in [5.41, 5.74) is 1.42. The van der Waals surface area contributed by atoms with E-state index in [0.29, 0.717) is 0 Å². The Morgan fingerprint density at radius 3 is 2.38 bits per heavy atom. The highest BCUT2D eigenvalue weighted by Crippen LogP contribution is 2.09. The normalized spacial score (nSPS) is 17.7. The van der Waals surface area contributed by atoms with Crippen LogP contribution in [-0.4, -0.2) is 36.6 Å². The summed E-state index contributed by atoms with van der Waals surface area (Å²) in [6, 6.07) is 10.7. The molecule has 0 N–H and O–H groups in total. The summed E-state index contributed by atoms with van der Waals surface area (Å²) >= 11 is 0. The zero-order valence-corrected chi connectivity index (χ0v) is 10.8. The van der Waals surface area contributed by atoms with Gasteiger partial charge >= 0.3 is 0 Å². The fraction of sp³-hybridized carbons (Fsp3) is 0.571. The quantitative estimate of drug-likeness (QED) is 0.756. The minimum Gasteiger partial charge on any atom is -0.293 e. The van der Waals surface area contributed by atoms with E-state index in [0.717, 1.165) is 13.2 Å². The predicted octanol–water partition coefficient (Wildman–Crippen LogP) is 2.81. The second kappa shape index (κ2) is 7.42. The number of hydrogen-bond acceptors (Lipinski definition) is 2. The van der Waals surface area contributed by atoms with Gasteiger partial charge in [-0.3, -0.25) is 9.80 Å². The van der Waals surface area contributed by atoms with Gasteiger partial charge in [0.05, 0.1) is 6.67 Å². The molecule has 0 spiro atoms. The smallest absolute Gasteiger partial charge is 0.0506 e. The van der Waals surface area contributed by atoms with Crippen molar-refractivity contribution in [2.24, 2.45) is 0 Å². The van der Waals surface area contributed by atoms with Crippen molar-refractivity contribution in [1.29, 1.82) is 0 Å². The first-order valence-corrected chi connectivity index (χ1v) is 6.29. The molecule has 0 aliphatic carbocycles. The molecule has 1 aliphatic rings. The molecule has 2 rings (SSSR count). The van der Waals surface area contributed by atoms with Gasteiger partial charge < -0.3 is 0 Å². The highest BCUT2D eigenvalue weighted by atomic mass is 15.3. The Balaban J connectivity index is 0.000000606. The fourth-order valence-electron chi connectivity index (χ4n) is 2.02. The van der Waals surface area contributed by atoms with Crippen LogP contribution in [0.25, 0.3) is 0 Å². The zero-order valence-electron chi connectivity index (χ0n) is 10.8. The van der Waals surface area contributed by atoms with Crippen molar-refractivity contribution in [1.82, 2.24) is 9.80 Å². The van der Waals surface area contributed by atoms with E-state index in [1.54, 1.807) is 0 Å². The van der Waals surface area contributed by atoms with Crippen molar-refractivity contribution in [3.05, 3.63) is 35.9 Å².